The van der Waals surface area contributed by atoms with Gasteiger partial charge in [-0.2, -0.15) is 0 Å². The van der Waals surface area contributed by atoms with Crippen LogP contribution in [-0.4, -0.2) is 18.9 Å². The van der Waals surface area contributed by atoms with Crippen molar-refractivity contribution in [2.75, 3.05) is 7.11 Å². The molecule has 0 aromatic carbocycles. The first-order chi connectivity index (χ1) is 7.70. The van der Waals surface area contributed by atoms with E-state index >= 15 is 0 Å². The molecule has 3 saturated carbocycles. The van der Waals surface area contributed by atoms with Gasteiger partial charge in [-0.25, -0.2) is 0 Å². The number of hydrogen-bond acceptors (Lipinski definition) is 3. The molecule has 3 rings (SSSR count). The molecule has 3 nitrogen and oxygen atoms in total. The average molecular weight is 222 g/mol. The lowest BCUT2D eigenvalue weighted by Gasteiger charge is -2.28. The number of rotatable bonds is 1. The normalized spacial score (nSPS) is 45.6. The van der Waals surface area contributed by atoms with Gasteiger partial charge in [-0.15, -0.1) is 0 Å². The highest BCUT2D eigenvalue weighted by molar-refractivity contribution is 6.09. The molecule has 0 heterocycles. The summed E-state index contributed by atoms with van der Waals surface area (Å²) in [6.07, 6.45) is 7.03. The number of fused-ring (bicyclic) bond motifs is 1. The number of carbonyl (C=O) groups excluding carboxylic acids is 2. The van der Waals surface area contributed by atoms with Crippen LogP contribution in [0.5, 0.6) is 0 Å². The second-order valence-electron chi connectivity index (χ2n) is 5.53. The highest BCUT2D eigenvalue weighted by Crippen LogP contribution is 2.79. The Balaban J connectivity index is 2.05. The van der Waals surface area contributed by atoms with E-state index in [-0.39, 0.29) is 17.2 Å². The van der Waals surface area contributed by atoms with Gasteiger partial charge in [0.05, 0.1) is 7.11 Å². The second-order valence-corrected chi connectivity index (χ2v) is 5.53. The Morgan fingerprint density at radius 3 is 2.81 bits per heavy atom. The summed E-state index contributed by atoms with van der Waals surface area (Å²) in [5, 5.41) is 0. The molecule has 3 aliphatic rings. The predicted octanol–water partition coefficient (Wildman–Crippen LogP) is 2.09. The fourth-order valence-electron chi connectivity index (χ4n) is 4.69. The van der Waals surface area contributed by atoms with Crippen molar-refractivity contribution in [1.82, 2.24) is 0 Å². The van der Waals surface area contributed by atoms with Crippen LogP contribution in [0.3, 0.4) is 0 Å². The van der Waals surface area contributed by atoms with Crippen molar-refractivity contribution in [3.63, 3.8) is 0 Å². The average Bonchev–Trinajstić information content (AvgIpc) is 2.94. The van der Waals surface area contributed by atoms with Gasteiger partial charge >= 0.3 is 5.97 Å². The van der Waals surface area contributed by atoms with Crippen molar-refractivity contribution in [3.8, 4) is 0 Å². The molecule has 0 aliphatic heterocycles. The van der Waals surface area contributed by atoms with Crippen molar-refractivity contribution in [2.45, 2.75) is 44.9 Å². The minimum atomic E-state index is -0.712. The van der Waals surface area contributed by atoms with Gasteiger partial charge in [0, 0.05) is 6.42 Å². The molecule has 88 valence electrons. The zero-order valence-corrected chi connectivity index (χ0v) is 9.75. The molecule has 0 saturated heterocycles. The van der Waals surface area contributed by atoms with Crippen LogP contribution >= 0.6 is 0 Å². The summed E-state index contributed by atoms with van der Waals surface area (Å²) in [4.78, 5) is 24.3. The number of Topliss-reactive ketones (excluding diaryl/α,β-unsaturated/α-hetero) is 1. The SMILES string of the molecule is COC(=O)C12C(=O)CCCC13CCCCC32. The first-order valence-electron chi connectivity index (χ1n) is 6.32. The molecule has 0 N–H and O–H groups in total. The molecule has 3 atom stereocenters. The molecule has 0 aromatic heterocycles. The van der Waals surface area contributed by atoms with Crippen LogP contribution in [0, 0.1) is 16.7 Å². The van der Waals surface area contributed by atoms with E-state index in [2.05, 4.69) is 0 Å². The smallest absolute Gasteiger partial charge is 0.320 e. The fourth-order valence-corrected chi connectivity index (χ4v) is 4.69. The van der Waals surface area contributed by atoms with Crippen LogP contribution < -0.4 is 0 Å². The number of methoxy groups -OCH3 is 1. The van der Waals surface area contributed by atoms with Gasteiger partial charge in [0.1, 0.15) is 5.41 Å². The highest BCUT2D eigenvalue weighted by atomic mass is 16.5. The first kappa shape index (κ1) is 10.3. The summed E-state index contributed by atoms with van der Waals surface area (Å²) in [6.45, 7) is 0. The summed E-state index contributed by atoms with van der Waals surface area (Å²) in [5.74, 6) is 0.220. The van der Waals surface area contributed by atoms with E-state index in [1.165, 1.54) is 20.0 Å². The van der Waals surface area contributed by atoms with E-state index in [1.807, 2.05) is 0 Å². The van der Waals surface area contributed by atoms with Gasteiger partial charge in [-0.3, -0.25) is 9.59 Å². The first-order valence-corrected chi connectivity index (χ1v) is 6.32. The number of hydrogen-bond donors (Lipinski definition) is 0. The zero-order chi connectivity index (χ0) is 11.4. The van der Waals surface area contributed by atoms with Crippen LogP contribution in [0.2, 0.25) is 0 Å². The van der Waals surface area contributed by atoms with Gasteiger partial charge in [0.2, 0.25) is 0 Å². The van der Waals surface area contributed by atoms with Crippen LogP contribution in [0.25, 0.3) is 0 Å². The fraction of sp³-hybridized carbons (Fsp3) is 0.846. The summed E-state index contributed by atoms with van der Waals surface area (Å²) in [7, 11) is 1.41. The Bertz CT molecular complexity index is 348. The molecule has 0 amide bonds. The van der Waals surface area contributed by atoms with Crippen LogP contribution in [0.4, 0.5) is 0 Å². The topological polar surface area (TPSA) is 43.4 Å². The van der Waals surface area contributed by atoms with E-state index < -0.39 is 5.41 Å². The van der Waals surface area contributed by atoms with Crippen molar-refractivity contribution in [3.05, 3.63) is 0 Å². The van der Waals surface area contributed by atoms with Crippen LogP contribution in [0.1, 0.15) is 44.9 Å². The number of ether oxygens (including phenoxy) is 1. The Morgan fingerprint density at radius 1 is 1.31 bits per heavy atom. The van der Waals surface area contributed by atoms with Gasteiger partial charge in [-0.05, 0) is 37.0 Å². The molecule has 1 spiro atoms. The zero-order valence-electron chi connectivity index (χ0n) is 9.75. The molecule has 3 fully saturated rings. The second kappa shape index (κ2) is 3.08. The maximum absolute atomic E-state index is 12.2. The predicted molar refractivity (Wildman–Crippen MR) is 57.7 cm³/mol. The molecule has 3 heteroatoms. The highest BCUT2D eigenvalue weighted by Gasteiger charge is 2.84. The van der Waals surface area contributed by atoms with Crippen molar-refractivity contribution >= 4 is 11.8 Å². The number of carbonyl (C=O) groups is 2. The maximum atomic E-state index is 12.2. The summed E-state index contributed by atoms with van der Waals surface area (Å²) in [5.41, 5.74) is -0.704. The van der Waals surface area contributed by atoms with Crippen LogP contribution in [-0.2, 0) is 14.3 Å². The van der Waals surface area contributed by atoms with Gasteiger partial charge < -0.3 is 4.74 Å². The Hall–Kier alpha value is -0.860. The lowest BCUT2D eigenvalue weighted by Crippen LogP contribution is -2.36. The largest absolute Gasteiger partial charge is 0.468 e. The molecule has 0 bridgehead atoms. The van der Waals surface area contributed by atoms with E-state index in [9.17, 15) is 9.59 Å². The lowest BCUT2D eigenvalue weighted by atomic mass is 9.75. The third-order valence-electron chi connectivity index (χ3n) is 5.23. The molecule has 0 aromatic rings. The van der Waals surface area contributed by atoms with E-state index in [4.69, 9.17) is 4.74 Å². The number of esters is 1. The van der Waals surface area contributed by atoms with Crippen molar-refractivity contribution in [2.24, 2.45) is 16.7 Å². The maximum Gasteiger partial charge on any atom is 0.320 e. The van der Waals surface area contributed by atoms with Crippen molar-refractivity contribution in [1.29, 1.82) is 0 Å². The number of ketones is 1. The molecule has 3 aliphatic carbocycles. The minimum absolute atomic E-state index is 0.00762. The van der Waals surface area contributed by atoms with Crippen molar-refractivity contribution < 1.29 is 14.3 Å². The third-order valence-corrected chi connectivity index (χ3v) is 5.23. The Kier molecular flexibility index (Phi) is 1.99. The Morgan fingerprint density at radius 2 is 2.06 bits per heavy atom. The molecule has 0 radical (unpaired) electrons. The summed E-state index contributed by atoms with van der Waals surface area (Å²) < 4.78 is 4.93. The molecular formula is C13H18O3. The summed E-state index contributed by atoms with van der Waals surface area (Å²) >= 11 is 0. The van der Waals surface area contributed by atoms with Gasteiger partial charge in [0.25, 0.3) is 0 Å². The minimum Gasteiger partial charge on any atom is -0.468 e. The monoisotopic (exact) mass is 222 g/mol. The van der Waals surface area contributed by atoms with Gasteiger partial charge in [0.15, 0.2) is 5.78 Å². The summed E-state index contributed by atoms with van der Waals surface area (Å²) in [6, 6.07) is 0. The quantitative estimate of drug-likeness (QED) is 0.504. The Labute approximate surface area is 95.5 Å². The third kappa shape index (κ3) is 0.871. The molecule has 3 unspecified atom stereocenters. The van der Waals surface area contributed by atoms with E-state index in [0.717, 1.165) is 25.7 Å². The lowest BCUT2D eigenvalue weighted by molar-refractivity contribution is -0.155. The molecular weight excluding hydrogens is 204 g/mol. The van der Waals surface area contributed by atoms with E-state index in [1.54, 1.807) is 0 Å². The van der Waals surface area contributed by atoms with E-state index in [0.29, 0.717) is 12.3 Å². The standard InChI is InChI=1S/C13H18O3/c1-16-11(15)13-9-5-2-3-7-12(9,13)8-4-6-10(13)14/h9H,2-8H2,1H3. The van der Waals surface area contributed by atoms with Crippen LogP contribution in [0.15, 0.2) is 0 Å². The van der Waals surface area contributed by atoms with Gasteiger partial charge in [-0.1, -0.05) is 12.8 Å². The molecule has 16 heavy (non-hydrogen) atoms.